The van der Waals surface area contributed by atoms with E-state index in [4.69, 9.17) is 0 Å². The molecule has 0 aliphatic rings. The minimum absolute atomic E-state index is 0.258. The van der Waals surface area contributed by atoms with Crippen molar-refractivity contribution in [2.75, 3.05) is 0 Å². The van der Waals surface area contributed by atoms with E-state index in [2.05, 4.69) is 6.07 Å². The highest BCUT2D eigenvalue weighted by Gasteiger charge is 2.16. The first-order valence-electron chi connectivity index (χ1n) is 8.40. The van der Waals surface area contributed by atoms with Crippen LogP contribution in [0.1, 0.15) is 16.7 Å². The highest BCUT2D eigenvalue weighted by atomic mass is 32.1. The van der Waals surface area contributed by atoms with E-state index in [0.29, 0.717) is 22.4 Å². The van der Waals surface area contributed by atoms with Gasteiger partial charge in [-0.25, -0.2) is 9.36 Å². The van der Waals surface area contributed by atoms with Crippen molar-refractivity contribution in [2.24, 2.45) is 0 Å². The van der Waals surface area contributed by atoms with Gasteiger partial charge in [0.15, 0.2) is 0 Å². The lowest BCUT2D eigenvalue weighted by atomic mass is 10.1. The van der Waals surface area contributed by atoms with Gasteiger partial charge >= 0.3 is 5.69 Å². The lowest BCUT2D eigenvalue weighted by Gasteiger charge is -2.13. The molecule has 0 unspecified atom stereocenters. The van der Waals surface area contributed by atoms with E-state index in [1.54, 1.807) is 10.6 Å². The Morgan fingerprint density at radius 1 is 0.923 bits per heavy atom. The molecule has 4 rings (SSSR count). The van der Waals surface area contributed by atoms with Crippen LogP contribution in [0.25, 0.3) is 15.9 Å². The SMILES string of the molecule is Cc1cccc(Cn2c(=O)n(-c3cccc(C)c3)c(=O)c3sccc32)c1. The summed E-state index contributed by atoms with van der Waals surface area (Å²) in [7, 11) is 0. The highest BCUT2D eigenvalue weighted by Crippen LogP contribution is 2.18. The summed E-state index contributed by atoms with van der Waals surface area (Å²) in [5.41, 5.74) is 3.91. The van der Waals surface area contributed by atoms with Crippen molar-refractivity contribution in [3.05, 3.63) is 97.5 Å². The molecule has 0 saturated heterocycles. The van der Waals surface area contributed by atoms with Crippen molar-refractivity contribution in [1.29, 1.82) is 0 Å². The number of aryl methyl sites for hydroxylation is 2. The van der Waals surface area contributed by atoms with Gasteiger partial charge in [-0.1, -0.05) is 42.0 Å². The number of hydrogen-bond donors (Lipinski definition) is 0. The molecule has 2 aromatic carbocycles. The predicted molar refractivity (Wildman–Crippen MR) is 107 cm³/mol. The minimum atomic E-state index is -0.312. The van der Waals surface area contributed by atoms with Gasteiger partial charge in [0.1, 0.15) is 4.70 Å². The molecule has 0 saturated carbocycles. The van der Waals surface area contributed by atoms with Crippen LogP contribution in [0.5, 0.6) is 0 Å². The second kappa shape index (κ2) is 6.42. The minimum Gasteiger partial charge on any atom is -0.288 e. The predicted octanol–water partition coefficient (Wildman–Crippen LogP) is 3.88. The number of fused-ring (bicyclic) bond motifs is 1. The van der Waals surface area contributed by atoms with E-state index in [9.17, 15) is 9.59 Å². The van der Waals surface area contributed by atoms with Gasteiger partial charge in [-0.15, -0.1) is 11.3 Å². The van der Waals surface area contributed by atoms with Gasteiger partial charge in [-0.2, -0.15) is 0 Å². The van der Waals surface area contributed by atoms with Gasteiger partial charge in [-0.05, 0) is 48.6 Å². The standard InChI is InChI=1S/C21H18N2O2S/c1-14-5-3-7-16(11-14)13-22-18-9-10-26-19(18)20(24)23(21(22)25)17-8-4-6-15(2)12-17/h3-12H,13H2,1-2H3. The van der Waals surface area contributed by atoms with Crippen molar-refractivity contribution >= 4 is 21.6 Å². The molecular weight excluding hydrogens is 344 g/mol. The topological polar surface area (TPSA) is 44.0 Å². The summed E-state index contributed by atoms with van der Waals surface area (Å²) in [6.07, 6.45) is 0. The fourth-order valence-electron chi connectivity index (χ4n) is 3.23. The smallest absolute Gasteiger partial charge is 0.288 e. The van der Waals surface area contributed by atoms with Crippen LogP contribution < -0.4 is 11.2 Å². The van der Waals surface area contributed by atoms with Crippen LogP contribution in [-0.4, -0.2) is 9.13 Å². The molecule has 2 heterocycles. The third-order valence-corrected chi connectivity index (χ3v) is 5.33. The summed E-state index contributed by atoms with van der Waals surface area (Å²) in [4.78, 5) is 26.2. The van der Waals surface area contributed by atoms with Gasteiger partial charge in [0.25, 0.3) is 5.56 Å². The summed E-state index contributed by atoms with van der Waals surface area (Å²) >= 11 is 1.37. The third kappa shape index (κ3) is 2.80. The summed E-state index contributed by atoms with van der Waals surface area (Å²) in [5, 5.41) is 1.86. The fraction of sp³-hybridized carbons (Fsp3) is 0.143. The van der Waals surface area contributed by atoms with E-state index in [-0.39, 0.29) is 11.2 Å². The monoisotopic (exact) mass is 362 g/mol. The summed E-state index contributed by atoms with van der Waals surface area (Å²) in [6, 6.07) is 17.4. The lowest BCUT2D eigenvalue weighted by molar-refractivity contribution is 0.716. The third-order valence-electron chi connectivity index (χ3n) is 4.44. The van der Waals surface area contributed by atoms with E-state index < -0.39 is 0 Å². The van der Waals surface area contributed by atoms with Crippen molar-refractivity contribution in [3.63, 3.8) is 0 Å². The zero-order valence-electron chi connectivity index (χ0n) is 14.6. The Kier molecular flexibility index (Phi) is 4.09. The Morgan fingerprint density at radius 2 is 1.65 bits per heavy atom. The zero-order valence-corrected chi connectivity index (χ0v) is 15.4. The molecular formula is C21H18N2O2S. The van der Waals surface area contributed by atoms with E-state index >= 15 is 0 Å². The molecule has 0 amide bonds. The van der Waals surface area contributed by atoms with E-state index in [1.807, 2.05) is 61.7 Å². The Hall–Kier alpha value is -2.92. The van der Waals surface area contributed by atoms with Crippen molar-refractivity contribution in [1.82, 2.24) is 9.13 Å². The molecule has 4 aromatic rings. The van der Waals surface area contributed by atoms with Crippen LogP contribution in [0, 0.1) is 13.8 Å². The maximum Gasteiger partial charge on any atom is 0.336 e. The zero-order chi connectivity index (χ0) is 18.3. The molecule has 0 radical (unpaired) electrons. The molecule has 0 bridgehead atoms. The number of nitrogens with zero attached hydrogens (tertiary/aromatic N) is 2. The van der Waals surface area contributed by atoms with Crippen LogP contribution in [0.4, 0.5) is 0 Å². The molecule has 2 aromatic heterocycles. The van der Waals surface area contributed by atoms with Crippen molar-refractivity contribution < 1.29 is 0 Å². The van der Waals surface area contributed by atoms with Crippen LogP contribution in [0.15, 0.2) is 69.6 Å². The molecule has 0 fully saturated rings. The van der Waals surface area contributed by atoms with Crippen molar-refractivity contribution in [2.45, 2.75) is 20.4 Å². The Bertz CT molecular complexity index is 1230. The number of hydrogen-bond acceptors (Lipinski definition) is 3. The van der Waals surface area contributed by atoms with Gasteiger partial charge in [0.2, 0.25) is 0 Å². The van der Waals surface area contributed by atoms with Crippen LogP contribution in [-0.2, 0) is 6.54 Å². The molecule has 26 heavy (non-hydrogen) atoms. The summed E-state index contributed by atoms with van der Waals surface area (Å²) in [6.45, 7) is 4.41. The Labute approximate surface area is 154 Å². The first-order valence-corrected chi connectivity index (χ1v) is 9.28. The number of thiophene rings is 1. The largest absolute Gasteiger partial charge is 0.336 e. The molecule has 0 spiro atoms. The molecule has 0 N–H and O–H groups in total. The van der Waals surface area contributed by atoms with Crippen molar-refractivity contribution in [3.8, 4) is 5.69 Å². The number of benzene rings is 2. The van der Waals surface area contributed by atoms with Gasteiger partial charge in [0.05, 0.1) is 17.7 Å². The molecule has 5 heteroatoms. The molecule has 4 nitrogen and oxygen atoms in total. The van der Waals surface area contributed by atoms with Gasteiger partial charge in [0, 0.05) is 0 Å². The normalized spacial score (nSPS) is 11.2. The molecule has 0 atom stereocenters. The number of rotatable bonds is 3. The first kappa shape index (κ1) is 16.5. The lowest BCUT2D eigenvalue weighted by Crippen LogP contribution is -2.38. The Balaban J connectivity index is 2.00. The first-order chi connectivity index (χ1) is 12.5. The Morgan fingerprint density at radius 3 is 2.38 bits per heavy atom. The average molecular weight is 362 g/mol. The summed E-state index contributed by atoms with van der Waals surface area (Å²) < 4.78 is 3.56. The maximum atomic E-state index is 13.2. The quantitative estimate of drug-likeness (QED) is 0.555. The molecule has 0 aliphatic heterocycles. The summed E-state index contributed by atoms with van der Waals surface area (Å²) in [5.74, 6) is 0. The van der Waals surface area contributed by atoms with Gasteiger partial charge < -0.3 is 0 Å². The molecule has 0 aliphatic carbocycles. The van der Waals surface area contributed by atoms with Crippen LogP contribution in [0.2, 0.25) is 0 Å². The van der Waals surface area contributed by atoms with E-state index in [0.717, 1.165) is 16.7 Å². The van der Waals surface area contributed by atoms with E-state index in [1.165, 1.54) is 15.9 Å². The average Bonchev–Trinajstić information content (AvgIpc) is 3.09. The number of aromatic nitrogens is 2. The second-order valence-electron chi connectivity index (χ2n) is 6.47. The fourth-order valence-corrected chi connectivity index (χ4v) is 4.05. The molecule has 130 valence electrons. The second-order valence-corrected chi connectivity index (χ2v) is 7.39. The highest BCUT2D eigenvalue weighted by molar-refractivity contribution is 7.17. The maximum absolute atomic E-state index is 13.2. The van der Waals surface area contributed by atoms with Gasteiger partial charge in [-0.3, -0.25) is 9.36 Å². The van der Waals surface area contributed by atoms with Crippen LogP contribution in [0.3, 0.4) is 0 Å². The van der Waals surface area contributed by atoms with Crippen LogP contribution >= 0.6 is 11.3 Å².